The smallest absolute Gasteiger partial charge is 0.104 e. The summed E-state index contributed by atoms with van der Waals surface area (Å²) in [5.41, 5.74) is 1.64. The molecule has 0 aromatic heterocycles. The molecule has 2 nitrogen and oxygen atoms in total. The van der Waals surface area contributed by atoms with E-state index in [0.29, 0.717) is 0 Å². The van der Waals surface area contributed by atoms with Crippen molar-refractivity contribution in [1.29, 1.82) is 0 Å². The van der Waals surface area contributed by atoms with E-state index in [0.717, 1.165) is 0 Å². The molecule has 0 rings (SSSR count). The zero-order valence-electron chi connectivity index (χ0n) is 3.15. The fraction of sp³-hybridized carbons (Fsp3) is 1.00. The van der Waals surface area contributed by atoms with Gasteiger partial charge in [0.1, 0.15) is 6.67 Å². The first-order chi connectivity index (χ1) is 2.41. The van der Waals surface area contributed by atoms with E-state index in [1.807, 2.05) is 0 Å². The van der Waals surface area contributed by atoms with Crippen molar-refractivity contribution in [3.8, 4) is 0 Å². The Morgan fingerprint density at radius 3 is 2.17 bits per heavy atom. The van der Waals surface area contributed by atoms with Crippen LogP contribution in [0, 0.1) is 0 Å². The maximum atomic E-state index is 10.8. The van der Waals surface area contributed by atoms with E-state index in [4.69, 9.17) is 5.21 Å². The standard InChI is InChI=1S/C2H6FNO.ClH/c3-1-2-4-5;/h4-5H,1-2H2;1H. The van der Waals surface area contributed by atoms with Crippen molar-refractivity contribution in [3.05, 3.63) is 0 Å². The molecule has 0 bridgehead atoms. The summed E-state index contributed by atoms with van der Waals surface area (Å²) >= 11 is 0. The number of alkyl halides is 1. The van der Waals surface area contributed by atoms with Crippen molar-refractivity contribution in [2.75, 3.05) is 13.2 Å². The van der Waals surface area contributed by atoms with Crippen LogP contribution in [0.2, 0.25) is 0 Å². The predicted octanol–water partition coefficient (Wildman–Crippen LogP) is 0.356. The van der Waals surface area contributed by atoms with Crippen molar-refractivity contribution < 1.29 is 9.60 Å². The first kappa shape index (κ1) is 9.46. The second kappa shape index (κ2) is 8.94. The van der Waals surface area contributed by atoms with Crippen molar-refractivity contribution in [2.45, 2.75) is 0 Å². The van der Waals surface area contributed by atoms with Gasteiger partial charge in [0.05, 0.1) is 0 Å². The van der Waals surface area contributed by atoms with Crippen molar-refractivity contribution in [1.82, 2.24) is 5.48 Å². The number of halogens is 2. The van der Waals surface area contributed by atoms with E-state index in [9.17, 15) is 4.39 Å². The van der Waals surface area contributed by atoms with Gasteiger partial charge in [-0.25, -0.2) is 9.87 Å². The largest absolute Gasteiger partial charge is 0.317 e. The van der Waals surface area contributed by atoms with Gasteiger partial charge in [-0.05, 0) is 0 Å². The fourth-order valence-electron chi connectivity index (χ4n) is 0.0423. The van der Waals surface area contributed by atoms with Crippen LogP contribution in [0.4, 0.5) is 4.39 Å². The summed E-state index contributed by atoms with van der Waals surface area (Å²) in [7, 11) is 0. The highest BCUT2D eigenvalue weighted by molar-refractivity contribution is 5.85. The normalized spacial score (nSPS) is 7.00. The Hall–Kier alpha value is 0.140. The zero-order valence-corrected chi connectivity index (χ0v) is 3.96. The lowest BCUT2D eigenvalue weighted by Gasteiger charge is -1.81. The number of hydrogen-bond acceptors (Lipinski definition) is 2. The van der Waals surface area contributed by atoms with Crippen LogP contribution in [-0.2, 0) is 0 Å². The molecular weight excluding hydrogens is 108 g/mol. The topological polar surface area (TPSA) is 32.3 Å². The van der Waals surface area contributed by atoms with Gasteiger partial charge >= 0.3 is 0 Å². The number of rotatable bonds is 2. The Labute approximate surface area is 41.7 Å². The molecule has 0 aliphatic rings. The van der Waals surface area contributed by atoms with Gasteiger partial charge in [0.25, 0.3) is 0 Å². The summed E-state index contributed by atoms with van der Waals surface area (Å²) in [6.45, 7) is -0.490. The number of hydroxylamine groups is 1. The molecule has 0 atom stereocenters. The first-order valence-corrected chi connectivity index (χ1v) is 1.34. The number of hydrogen-bond donors (Lipinski definition) is 2. The highest BCUT2D eigenvalue weighted by Gasteiger charge is 1.70. The molecule has 0 aromatic rings. The molecule has 0 heterocycles. The van der Waals surface area contributed by atoms with Gasteiger partial charge in [-0.15, -0.1) is 12.4 Å². The number of nitrogens with one attached hydrogen (secondary N) is 1. The molecule has 0 saturated heterocycles. The molecular formula is C2H7ClFNO. The van der Waals surface area contributed by atoms with E-state index in [1.165, 1.54) is 0 Å². The van der Waals surface area contributed by atoms with Gasteiger partial charge in [0, 0.05) is 6.54 Å². The second-order valence-electron chi connectivity index (χ2n) is 0.597. The molecule has 0 amide bonds. The van der Waals surface area contributed by atoms with Gasteiger partial charge in [0.15, 0.2) is 0 Å². The third-order valence-electron chi connectivity index (χ3n) is 0.206. The van der Waals surface area contributed by atoms with E-state index in [1.54, 1.807) is 5.48 Å². The van der Waals surface area contributed by atoms with Gasteiger partial charge in [-0.1, -0.05) is 0 Å². The van der Waals surface area contributed by atoms with Crippen LogP contribution >= 0.6 is 12.4 Å². The first-order valence-electron chi connectivity index (χ1n) is 1.34. The Kier molecular flexibility index (Phi) is 14.1. The molecule has 0 radical (unpaired) electrons. The van der Waals surface area contributed by atoms with E-state index in [-0.39, 0.29) is 19.0 Å². The molecule has 0 spiro atoms. The van der Waals surface area contributed by atoms with Crippen LogP contribution in [-0.4, -0.2) is 18.4 Å². The van der Waals surface area contributed by atoms with E-state index < -0.39 is 6.67 Å². The fourth-order valence-corrected chi connectivity index (χ4v) is 0.0423. The van der Waals surface area contributed by atoms with Crippen LogP contribution in [0.5, 0.6) is 0 Å². The van der Waals surface area contributed by atoms with Gasteiger partial charge < -0.3 is 5.21 Å². The van der Waals surface area contributed by atoms with Gasteiger partial charge in [0.2, 0.25) is 0 Å². The maximum absolute atomic E-state index is 10.8. The Morgan fingerprint density at radius 1 is 1.67 bits per heavy atom. The molecule has 0 aliphatic carbocycles. The summed E-state index contributed by atoms with van der Waals surface area (Å²) in [6, 6.07) is 0. The monoisotopic (exact) mass is 115 g/mol. The highest BCUT2D eigenvalue weighted by Crippen LogP contribution is 1.55. The minimum Gasteiger partial charge on any atom is -0.317 e. The van der Waals surface area contributed by atoms with Crippen molar-refractivity contribution in [2.24, 2.45) is 0 Å². The lowest BCUT2D eigenvalue weighted by atomic mass is 10.8. The third kappa shape index (κ3) is 8.91. The Balaban J connectivity index is 0. The van der Waals surface area contributed by atoms with Crippen LogP contribution in [0.15, 0.2) is 0 Å². The SMILES string of the molecule is Cl.ONCCF. The maximum Gasteiger partial charge on any atom is 0.104 e. The van der Waals surface area contributed by atoms with Crippen LogP contribution in [0.1, 0.15) is 0 Å². The average Bonchev–Trinajstić information content (AvgIpc) is 1.41. The van der Waals surface area contributed by atoms with Gasteiger partial charge in [-0.3, -0.25) is 0 Å². The second-order valence-corrected chi connectivity index (χ2v) is 0.597. The Bertz CT molecular complexity index is 21.0. The molecule has 2 N–H and O–H groups in total. The quantitative estimate of drug-likeness (QED) is 0.510. The molecule has 6 heavy (non-hydrogen) atoms. The summed E-state index contributed by atoms with van der Waals surface area (Å²) in [6.07, 6.45) is 0. The molecule has 4 heteroatoms. The molecule has 40 valence electrons. The molecule has 0 saturated carbocycles. The van der Waals surface area contributed by atoms with Gasteiger partial charge in [-0.2, -0.15) is 0 Å². The van der Waals surface area contributed by atoms with Crippen molar-refractivity contribution >= 4 is 12.4 Å². The van der Waals surface area contributed by atoms with Crippen LogP contribution in [0.3, 0.4) is 0 Å². The van der Waals surface area contributed by atoms with Crippen LogP contribution < -0.4 is 5.48 Å². The summed E-state index contributed by atoms with van der Waals surface area (Å²) in [5.74, 6) is 0. The van der Waals surface area contributed by atoms with Crippen molar-refractivity contribution in [3.63, 3.8) is 0 Å². The minimum absolute atomic E-state index is 0. The molecule has 0 fully saturated rings. The van der Waals surface area contributed by atoms with Crippen LogP contribution in [0.25, 0.3) is 0 Å². The Morgan fingerprint density at radius 2 is 2.17 bits per heavy atom. The summed E-state index contributed by atoms with van der Waals surface area (Å²) < 4.78 is 10.8. The van der Waals surface area contributed by atoms with E-state index >= 15 is 0 Å². The summed E-state index contributed by atoms with van der Waals surface area (Å²) in [5, 5.41) is 7.58. The predicted molar refractivity (Wildman–Crippen MR) is 23.0 cm³/mol. The lowest BCUT2D eigenvalue weighted by Crippen LogP contribution is -2.09. The van der Waals surface area contributed by atoms with E-state index in [2.05, 4.69) is 0 Å². The molecule has 0 unspecified atom stereocenters. The summed E-state index contributed by atoms with van der Waals surface area (Å²) in [4.78, 5) is 0. The lowest BCUT2D eigenvalue weighted by molar-refractivity contribution is 0.158. The molecule has 0 aliphatic heterocycles. The zero-order chi connectivity index (χ0) is 4.12. The average molecular weight is 116 g/mol. The minimum atomic E-state index is -0.517. The highest BCUT2D eigenvalue weighted by atomic mass is 35.5. The molecule has 0 aromatic carbocycles. The third-order valence-corrected chi connectivity index (χ3v) is 0.206.